The fraction of sp³-hybridized carbons (Fsp3) is 0.250. The van der Waals surface area contributed by atoms with Gasteiger partial charge in [0.1, 0.15) is 13.2 Å². The summed E-state index contributed by atoms with van der Waals surface area (Å²) in [5, 5.41) is 1.66. The molecule has 8 heteroatoms. The van der Waals surface area contributed by atoms with E-state index in [0.717, 1.165) is 16.2 Å². The predicted octanol–water partition coefficient (Wildman–Crippen LogP) is 1.06. The van der Waals surface area contributed by atoms with E-state index in [-0.39, 0.29) is 24.6 Å². The number of carbonyl (C=O) groups is 3. The van der Waals surface area contributed by atoms with E-state index in [4.69, 9.17) is 4.74 Å². The fourth-order valence-corrected chi connectivity index (χ4v) is 3.20. The van der Waals surface area contributed by atoms with Gasteiger partial charge in [0.15, 0.2) is 0 Å². The van der Waals surface area contributed by atoms with Gasteiger partial charge in [-0.05, 0) is 19.1 Å². The molecule has 0 aliphatic carbocycles. The first-order valence-corrected chi connectivity index (χ1v) is 8.13. The Morgan fingerprint density at radius 3 is 2.29 bits per heavy atom. The maximum Gasteiger partial charge on any atom is 0.326 e. The van der Waals surface area contributed by atoms with Crippen LogP contribution in [-0.4, -0.2) is 40.4 Å². The summed E-state index contributed by atoms with van der Waals surface area (Å²) in [5.41, 5.74) is 1.39. The standard InChI is InChI=1S/C16H14N2O5S/c1-10-9-24-16(22)18(10)8-13(19)23-7-6-17-14(20)11-4-2-3-5-12(11)15(17)21/h2-5,9H,6-8H2,1H3. The molecule has 7 nitrogen and oxygen atoms in total. The van der Waals surface area contributed by atoms with Gasteiger partial charge < -0.3 is 4.74 Å². The zero-order valence-corrected chi connectivity index (χ0v) is 13.7. The Bertz CT molecular complexity index is 848. The number of hydrogen-bond acceptors (Lipinski definition) is 6. The van der Waals surface area contributed by atoms with E-state index in [1.807, 2.05) is 0 Å². The molecule has 1 aromatic heterocycles. The number of esters is 1. The molecule has 0 fully saturated rings. The minimum absolute atomic E-state index is 0.0182. The molecule has 2 amide bonds. The average Bonchev–Trinajstić information content (AvgIpc) is 3.01. The zero-order valence-electron chi connectivity index (χ0n) is 12.9. The van der Waals surface area contributed by atoms with Gasteiger partial charge in [0.05, 0.1) is 17.7 Å². The largest absolute Gasteiger partial charge is 0.462 e. The molecule has 24 heavy (non-hydrogen) atoms. The maximum absolute atomic E-state index is 12.1. The summed E-state index contributed by atoms with van der Waals surface area (Å²) in [4.78, 5) is 48.5. The summed E-state index contributed by atoms with van der Waals surface area (Å²) >= 11 is 1.01. The smallest absolute Gasteiger partial charge is 0.326 e. The Morgan fingerprint density at radius 1 is 1.12 bits per heavy atom. The van der Waals surface area contributed by atoms with Crippen molar-refractivity contribution >= 4 is 29.1 Å². The molecule has 2 aromatic rings. The summed E-state index contributed by atoms with van der Waals surface area (Å²) in [6, 6.07) is 6.56. The van der Waals surface area contributed by atoms with E-state index in [0.29, 0.717) is 16.8 Å². The topological polar surface area (TPSA) is 85.7 Å². The van der Waals surface area contributed by atoms with Crippen LogP contribution in [0.5, 0.6) is 0 Å². The van der Waals surface area contributed by atoms with Crippen molar-refractivity contribution in [3.05, 3.63) is 56.1 Å². The third-order valence-corrected chi connectivity index (χ3v) is 4.60. The Balaban J connectivity index is 1.56. The van der Waals surface area contributed by atoms with Crippen LogP contribution >= 0.6 is 11.3 Å². The van der Waals surface area contributed by atoms with Gasteiger partial charge in [-0.25, -0.2) is 0 Å². The number of rotatable bonds is 5. The number of ether oxygens (including phenoxy) is 1. The van der Waals surface area contributed by atoms with Crippen molar-refractivity contribution in [2.45, 2.75) is 13.5 Å². The molecule has 0 atom stereocenters. The Morgan fingerprint density at radius 2 is 1.75 bits per heavy atom. The second kappa shape index (κ2) is 6.40. The molecule has 0 saturated heterocycles. The van der Waals surface area contributed by atoms with Crippen molar-refractivity contribution in [1.82, 2.24) is 9.47 Å². The molecule has 1 aromatic carbocycles. The molecule has 1 aliphatic heterocycles. The van der Waals surface area contributed by atoms with Gasteiger partial charge in [-0.1, -0.05) is 23.5 Å². The highest BCUT2D eigenvalue weighted by molar-refractivity contribution is 7.07. The number of fused-ring (bicyclic) bond motifs is 1. The molecule has 1 aliphatic rings. The van der Waals surface area contributed by atoms with E-state index in [9.17, 15) is 19.2 Å². The molecule has 124 valence electrons. The molecule has 2 heterocycles. The lowest BCUT2D eigenvalue weighted by atomic mass is 10.1. The zero-order chi connectivity index (χ0) is 17.3. The minimum Gasteiger partial charge on any atom is -0.462 e. The van der Waals surface area contributed by atoms with E-state index in [1.54, 1.807) is 36.6 Å². The van der Waals surface area contributed by atoms with Crippen LogP contribution in [0.25, 0.3) is 0 Å². The van der Waals surface area contributed by atoms with Crippen molar-refractivity contribution in [3.63, 3.8) is 0 Å². The molecule has 0 saturated carbocycles. The first kappa shape index (κ1) is 16.1. The maximum atomic E-state index is 12.1. The first-order valence-electron chi connectivity index (χ1n) is 7.25. The molecular formula is C16H14N2O5S. The number of benzene rings is 1. The van der Waals surface area contributed by atoms with Crippen molar-refractivity contribution in [2.24, 2.45) is 0 Å². The number of carbonyl (C=O) groups excluding carboxylic acids is 3. The number of aryl methyl sites for hydroxylation is 1. The average molecular weight is 346 g/mol. The van der Waals surface area contributed by atoms with Crippen molar-refractivity contribution < 1.29 is 19.1 Å². The highest BCUT2D eigenvalue weighted by atomic mass is 32.1. The Hall–Kier alpha value is -2.74. The highest BCUT2D eigenvalue weighted by Crippen LogP contribution is 2.21. The number of thiazole rings is 1. The summed E-state index contributed by atoms with van der Waals surface area (Å²) in [6.07, 6.45) is 0. The van der Waals surface area contributed by atoms with Gasteiger partial charge in [0.25, 0.3) is 11.8 Å². The second-order valence-corrected chi connectivity index (χ2v) is 6.08. The van der Waals surface area contributed by atoms with Gasteiger partial charge in [0, 0.05) is 11.1 Å². The van der Waals surface area contributed by atoms with Gasteiger partial charge in [0.2, 0.25) is 0 Å². The quantitative estimate of drug-likeness (QED) is 0.597. The van der Waals surface area contributed by atoms with Gasteiger partial charge in [-0.15, -0.1) is 0 Å². The summed E-state index contributed by atoms with van der Waals surface area (Å²) in [6.45, 7) is 1.41. The normalized spacial score (nSPS) is 13.3. The van der Waals surface area contributed by atoms with E-state index in [1.165, 1.54) is 4.57 Å². The lowest BCUT2D eigenvalue weighted by Crippen LogP contribution is -2.34. The predicted molar refractivity (Wildman–Crippen MR) is 86.1 cm³/mol. The third-order valence-electron chi connectivity index (χ3n) is 3.72. The second-order valence-electron chi connectivity index (χ2n) is 5.26. The first-order chi connectivity index (χ1) is 11.5. The monoisotopic (exact) mass is 346 g/mol. The van der Waals surface area contributed by atoms with Crippen molar-refractivity contribution in [1.29, 1.82) is 0 Å². The van der Waals surface area contributed by atoms with Crippen LogP contribution in [0.2, 0.25) is 0 Å². The summed E-state index contributed by atoms with van der Waals surface area (Å²) in [5.74, 6) is -1.37. The Kier molecular flexibility index (Phi) is 4.30. The number of amides is 2. The molecular weight excluding hydrogens is 332 g/mol. The lowest BCUT2D eigenvalue weighted by molar-refractivity contribution is -0.144. The van der Waals surface area contributed by atoms with Gasteiger partial charge in [-0.3, -0.25) is 28.6 Å². The van der Waals surface area contributed by atoms with Crippen molar-refractivity contribution in [2.75, 3.05) is 13.2 Å². The number of imide groups is 1. The molecule has 0 spiro atoms. The van der Waals surface area contributed by atoms with Crippen molar-refractivity contribution in [3.8, 4) is 0 Å². The number of aromatic nitrogens is 1. The third kappa shape index (κ3) is 2.88. The van der Waals surface area contributed by atoms with E-state index in [2.05, 4.69) is 0 Å². The van der Waals surface area contributed by atoms with Crippen LogP contribution in [-0.2, 0) is 16.1 Å². The lowest BCUT2D eigenvalue weighted by Gasteiger charge is -2.14. The molecule has 0 bridgehead atoms. The summed E-state index contributed by atoms with van der Waals surface area (Å²) < 4.78 is 6.36. The van der Waals surface area contributed by atoms with E-state index < -0.39 is 17.8 Å². The molecule has 0 radical (unpaired) electrons. The Labute approximate surface area is 141 Å². The van der Waals surface area contributed by atoms with Crippen LogP contribution in [0, 0.1) is 6.92 Å². The summed E-state index contributed by atoms with van der Waals surface area (Å²) in [7, 11) is 0. The van der Waals surface area contributed by atoms with Crippen LogP contribution in [0.1, 0.15) is 26.4 Å². The van der Waals surface area contributed by atoms with Crippen LogP contribution in [0.3, 0.4) is 0 Å². The van der Waals surface area contributed by atoms with Crippen LogP contribution in [0.4, 0.5) is 0 Å². The van der Waals surface area contributed by atoms with Crippen LogP contribution in [0.15, 0.2) is 34.4 Å². The number of hydrogen-bond donors (Lipinski definition) is 0. The SMILES string of the molecule is Cc1csc(=O)n1CC(=O)OCCN1C(=O)c2ccccc2C1=O. The number of nitrogens with zero attached hydrogens (tertiary/aromatic N) is 2. The molecule has 3 rings (SSSR count). The minimum atomic E-state index is -0.588. The molecule has 0 unspecified atom stereocenters. The fourth-order valence-electron chi connectivity index (χ4n) is 2.46. The van der Waals surface area contributed by atoms with Crippen LogP contribution < -0.4 is 4.87 Å². The van der Waals surface area contributed by atoms with E-state index >= 15 is 0 Å². The molecule has 0 N–H and O–H groups in total. The van der Waals surface area contributed by atoms with Gasteiger partial charge >= 0.3 is 10.8 Å². The van der Waals surface area contributed by atoms with Gasteiger partial charge in [-0.2, -0.15) is 0 Å². The highest BCUT2D eigenvalue weighted by Gasteiger charge is 2.34.